The third-order valence-electron chi connectivity index (χ3n) is 5.08. The van der Waals surface area contributed by atoms with Crippen molar-refractivity contribution in [1.82, 2.24) is 0 Å². The van der Waals surface area contributed by atoms with Crippen LogP contribution in [0.2, 0.25) is 18.1 Å². The van der Waals surface area contributed by atoms with Gasteiger partial charge in [-0.2, -0.15) is 0 Å². The van der Waals surface area contributed by atoms with E-state index in [2.05, 4.69) is 74.1 Å². The summed E-state index contributed by atoms with van der Waals surface area (Å²) < 4.78 is 7.54. The first kappa shape index (κ1) is 18.0. The molecule has 2 rings (SSSR count). The number of hydrogen-bond donors (Lipinski definition) is 0. The molecule has 0 saturated carbocycles. The molecule has 0 atom stereocenters. The smallest absolute Gasteiger partial charge is 0.191 e. The number of fused-ring (bicyclic) bond motifs is 1. The Labute approximate surface area is 145 Å². The van der Waals surface area contributed by atoms with E-state index < -0.39 is 8.32 Å². The van der Waals surface area contributed by atoms with E-state index in [0.29, 0.717) is 5.04 Å². The SMILES string of the molecule is CC(C)(C)[Si](C)(C)OCCCC1=CCCc2cccc(Br)c21. The van der Waals surface area contributed by atoms with E-state index >= 15 is 0 Å². The molecule has 0 aromatic heterocycles. The minimum atomic E-state index is -1.60. The van der Waals surface area contributed by atoms with Crippen LogP contribution in [0.4, 0.5) is 0 Å². The third-order valence-corrected chi connectivity index (χ3v) is 10.3. The average molecular weight is 381 g/mol. The first-order valence-electron chi connectivity index (χ1n) is 8.33. The van der Waals surface area contributed by atoms with E-state index in [1.165, 1.54) is 34.0 Å². The first-order chi connectivity index (χ1) is 10.2. The number of aryl methyl sites for hydroxylation is 1. The molecule has 0 amide bonds. The molecule has 0 saturated heterocycles. The van der Waals surface area contributed by atoms with Gasteiger partial charge in [0.2, 0.25) is 0 Å². The predicted molar refractivity (Wildman–Crippen MR) is 103 cm³/mol. The second kappa shape index (κ2) is 7.02. The molecule has 22 heavy (non-hydrogen) atoms. The third kappa shape index (κ3) is 4.12. The molecule has 1 aliphatic carbocycles. The highest BCUT2D eigenvalue weighted by Gasteiger charge is 2.36. The van der Waals surface area contributed by atoms with Crippen LogP contribution in [-0.2, 0) is 10.8 Å². The Morgan fingerprint density at radius 2 is 1.95 bits per heavy atom. The molecule has 0 radical (unpaired) electrons. The summed E-state index contributed by atoms with van der Waals surface area (Å²) in [7, 11) is -1.60. The lowest BCUT2D eigenvalue weighted by atomic mass is 9.89. The van der Waals surface area contributed by atoms with Gasteiger partial charge in [0.1, 0.15) is 0 Å². The summed E-state index contributed by atoms with van der Waals surface area (Å²) in [6.45, 7) is 12.5. The van der Waals surface area contributed by atoms with Crippen LogP contribution in [0, 0.1) is 0 Å². The molecule has 0 unspecified atom stereocenters. The zero-order valence-electron chi connectivity index (χ0n) is 14.6. The van der Waals surface area contributed by atoms with Crippen molar-refractivity contribution in [2.75, 3.05) is 6.61 Å². The van der Waals surface area contributed by atoms with Crippen LogP contribution in [-0.4, -0.2) is 14.9 Å². The quantitative estimate of drug-likeness (QED) is 0.413. The lowest BCUT2D eigenvalue weighted by Crippen LogP contribution is -2.40. The molecule has 0 aliphatic heterocycles. The Hall–Kier alpha value is -0.383. The molecule has 0 bridgehead atoms. The molecule has 0 fully saturated rings. The molecule has 1 aliphatic rings. The van der Waals surface area contributed by atoms with Crippen molar-refractivity contribution in [1.29, 1.82) is 0 Å². The van der Waals surface area contributed by atoms with Gasteiger partial charge in [-0.15, -0.1) is 0 Å². The topological polar surface area (TPSA) is 9.23 Å². The van der Waals surface area contributed by atoms with E-state index in [9.17, 15) is 0 Å². The van der Waals surface area contributed by atoms with Crippen molar-refractivity contribution in [2.24, 2.45) is 0 Å². The van der Waals surface area contributed by atoms with Gasteiger partial charge in [0.15, 0.2) is 8.32 Å². The summed E-state index contributed by atoms with van der Waals surface area (Å²) in [5, 5.41) is 0.298. The predicted octanol–water partition coefficient (Wildman–Crippen LogP) is 6.58. The largest absolute Gasteiger partial charge is 0.417 e. The fourth-order valence-electron chi connectivity index (χ4n) is 2.67. The summed E-state index contributed by atoms with van der Waals surface area (Å²) in [5.74, 6) is 0. The molecular weight excluding hydrogens is 352 g/mol. The molecule has 122 valence electrons. The maximum Gasteiger partial charge on any atom is 0.191 e. The van der Waals surface area contributed by atoms with Gasteiger partial charge in [0, 0.05) is 11.1 Å². The molecule has 1 nitrogen and oxygen atoms in total. The number of halogens is 1. The lowest BCUT2D eigenvalue weighted by molar-refractivity contribution is 0.284. The second-order valence-electron chi connectivity index (χ2n) is 7.75. The second-order valence-corrected chi connectivity index (χ2v) is 13.4. The normalized spacial score (nSPS) is 15.5. The van der Waals surface area contributed by atoms with Crippen molar-refractivity contribution in [3.8, 4) is 0 Å². The summed E-state index contributed by atoms with van der Waals surface area (Å²) in [4.78, 5) is 0. The van der Waals surface area contributed by atoms with Gasteiger partial charge in [-0.3, -0.25) is 0 Å². The molecule has 0 spiro atoms. The van der Waals surface area contributed by atoms with Crippen LogP contribution in [0.3, 0.4) is 0 Å². The van der Waals surface area contributed by atoms with E-state index in [0.717, 1.165) is 19.4 Å². The van der Waals surface area contributed by atoms with Crippen LogP contribution in [0.1, 0.15) is 51.2 Å². The van der Waals surface area contributed by atoms with Gasteiger partial charge in [0.05, 0.1) is 0 Å². The maximum atomic E-state index is 6.30. The van der Waals surface area contributed by atoms with Gasteiger partial charge >= 0.3 is 0 Å². The van der Waals surface area contributed by atoms with Crippen molar-refractivity contribution < 1.29 is 4.43 Å². The fraction of sp³-hybridized carbons (Fsp3) is 0.579. The van der Waals surface area contributed by atoms with Crippen LogP contribution in [0.5, 0.6) is 0 Å². The lowest BCUT2D eigenvalue weighted by Gasteiger charge is -2.36. The standard InChI is InChI=1S/C19H29BrOSi/c1-19(2,3)22(4,5)21-14-8-12-16-10-6-9-15-11-7-13-17(20)18(15)16/h7,10-11,13H,6,8-9,12,14H2,1-5H3. The highest BCUT2D eigenvalue weighted by molar-refractivity contribution is 9.10. The van der Waals surface area contributed by atoms with Crippen molar-refractivity contribution in [2.45, 2.75) is 64.6 Å². The van der Waals surface area contributed by atoms with Gasteiger partial charge in [0.25, 0.3) is 0 Å². The molecule has 1 aromatic rings. The minimum Gasteiger partial charge on any atom is -0.417 e. The Morgan fingerprint density at radius 3 is 2.64 bits per heavy atom. The van der Waals surface area contributed by atoms with Crippen LogP contribution in [0.25, 0.3) is 5.57 Å². The number of rotatable bonds is 5. The monoisotopic (exact) mass is 380 g/mol. The molecule has 3 heteroatoms. The highest BCUT2D eigenvalue weighted by Crippen LogP contribution is 2.38. The summed E-state index contributed by atoms with van der Waals surface area (Å²) in [5.41, 5.74) is 4.41. The summed E-state index contributed by atoms with van der Waals surface area (Å²) >= 11 is 3.72. The van der Waals surface area contributed by atoms with E-state index in [-0.39, 0.29) is 0 Å². The van der Waals surface area contributed by atoms with Gasteiger partial charge in [-0.1, -0.05) is 54.9 Å². The van der Waals surface area contributed by atoms with Crippen LogP contribution in [0.15, 0.2) is 28.7 Å². The summed E-state index contributed by atoms with van der Waals surface area (Å²) in [6.07, 6.45) is 6.98. The molecule has 1 aromatic carbocycles. The number of allylic oxidation sites excluding steroid dienone is 2. The van der Waals surface area contributed by atoms with Gasteiger partial charge in [-0.25, -0.2) is 0 Å². The summed E-state index contributed by atoms with van der Waals surface area (Å²) in [6, 6.07) is 6.57. The number of benzene rings is 1. The number of hydrogen-bond acceptors (Lipinski definition) is 1. The minimum absolute atomic E-state index is 0.298. The average Bonchev–Trinajstić information content (AvgIpc) is 2.42. The molecule has 0 N–H and O–H groups in total. The van der Waals surface area contributed by atoms with Crippen molar-refractivity contribution in [3.63, 3.8) is 0 Å². The Balaban J connectivity index is 1.93. The van der Waals surface area contributed by atoms with Crippen molar-refractivity contribution >= 4 is 29.8 Å². The fourth-order valence-corrected chi connectivity index (χ4v) is 4.42. The molecular formula is C19H29BrOSi. The highest BCUT2D eigenvalue weighted by atomic mass is 79.9. The van der Waals surface area contributed by atoms with E-state index in [1.54, 1.807) is 0 Å². The maximum absolute atomic E-state index is 6.30. The Morgan fingerprint density at radius 1 is 1.23 bits per heavy atom. The molecule has 0 heterocycles. The van der Waals surface area contributed by atoms with Gasteiger partial charge in [-0.05, 0) is 66.6 Å². The Kier molecular flexibility index (Phi) is 5.73. The van der Waals surface area contributed by atoms with Crippen LogP contribution >= 0.6 is 15.9 Å². The van der Waals surface area contributed by atoms with E-state index in [1.807, 2.05) is 0 Å². The zero-order chi connectivity index (χ0) is 16.4. The van der Waals surface area contributed by atoms with Crippen molar-refractivity contribution in [3.05, 3.63) is 39.9 Å². The van der Waals surface area contributed by atoms with Gasteiger partial charge < -0.3 is 4.43 Å². The van der Waals surface area contributed by atoms with Crippen LogP contribution < -0.4 is 0 Å². The van der Waals surface area contributed by atoms with E-state index in [4.69, 9.17) is 4.43 Å². The first-order valence-corrected chi connectivity index (χ1v) is 12.0. The Bertz CT molecular complexity index is 555. The zero-order valence-corrected chi connectivity index (χ0v) is 17.2.